The first-order valence-electron chi connectivity index (χ1n) is 11.8. The molecule has 0 aromatic heterocycles. The third-order valence-electron chi connectivity index (χ3n) is 6.53. The minimum atomic E-state index is -0.953. The number of benzene rings is 2. The van der Waals surface area contributed by atoms with Gasteiger partial charge < -0.3 is 25.4 Å². The number of hydrogen-bond donors (Lipinski definition) is 3. The standard InChI is InChI=1S/C26H29N3O6/c30-23(27-15-24(31)29-12-6-5-7-17(29)13-25(32)33)14-28-26(34)35-16-22-20-10-3-1-8-18(20)19-9-2-4-11-21(19)22/h1-4,8-11,17,22H,5-7,12-16H2,(H,27,30)(H,28,34)(H,32,33)/t17-/m1/s1. The number of piperidine rings is 1. The highest BCUT2D eigenvalue weighted by Gasteiger charge is 2.30. The number of aliphatic carboxylic acids is 1. The van der Waals surface area contributed by atoms with Crippen molar-refractivity contribution in [3.05, 3.63) is 59.7 Å². The second-order valence-electron chi connectivity index (χ2n) is 8.79. The largest absolute Gasteiger partial charge is 0.481 e. The predicted octanol–water partition coefficient (Wildman–Crippen LogP) is 2.50. The summed E-state index contributed by atoms with van der Waals surface area (Å²) in [5.74, 6) is -1.89. The molecule has 184 valence electrons. The molecule has 1 heterocycles. The minimum Gasteiger partial charge on any atom is -0.481 e. The maximum absolute atomic E-state index is 12.5. The van der Waals surface area contributed by atoms with Gasteiger partial charge in [0.1, 0.15) is 13.2 Å². The number of carbonyl (C=O) groups excluding carboxylic acids is 3. The van der Waals surface area contributed by atoms with Gasteiger partial charge in [0.15, 0.2) is 0 Å². The minimum absolute atomic E-state index is 0.0807. The Balaban J connectivity index is 1.22. The van der Waals surface area contributed by atoms with Gasteiger partial charge in [0.05, 0.1) is 13.0 Å². The summed E-state index contributed by atoms with van der Waals surface area (Å²) >= 11 is 0. The summed E-state index contributed by atoms with van der Waals surface area (Å²) in [6.45, 7) is 0.0361. The summed E-state index contributed by atoms with van der Waals surface area (Å²) in [7, 11) is 0. The Kier molecular flexibility index (Phi) is 7.64. The molecule has 9 heteroatoms. The monoisotopic (exact) mass is 479 g/mol. The van der Waals surface area contributed by atoms with E-state index in [1.165, 1.54) is 4.90 Å². The first-order valence-corrected chi connectivity index (χ1v) is 11.8. The van der Waals surface area contributed by atoms with Gasteiger partial charge in [-0.15, -0.1) is 0 Å². The van der Waals surface area contributed by atoms with E-state index in [0.29, 0.717) is 13.0 Å². The van der Waals surface area contributed by atoms with Gasteiger partial charge in [-0.25, -0.2) is 4.79 Å². The summed E-state index contributed by atoms with van der Waals surface area (Å²) in [4.78, 5) is 49.4. The fourth-order valence-corrected chi connectivity index (χ4v) is 4.88. The van der Waals surface area contributed by atoms with Crippen molar-refractivity contribution in [2.75, 3.05) is 26.2 Å². The molecule has 1 saturated heterocycles. The van der Waals surface area contributed by atoms with Gasteiger partial charge in [-0.3, -0.25) is 14.4 Å². The molecule has 1 fully saturated rings. The summed E-state index contributed by atoms with van der Waals surface area (Å²) < 4.78 is 5.40. The van der Waals surface area contributed by atoms with E-state index in [0.717, 1.165) is 35.1 Å². The summed E-state index contributed by atoms with van der Waals surface area (Å²) in [6.07, 6.45) is 1.49. The highest BCUT2D eigenvalue weighted by atomic mass is 16.5. The van der Waals surface area contributed by atoms with E-state index in [9.17, 15) is 19.2 Å². The Hall–Kier alpha value is -3.88. The van der Waals surface area contributed by atoms with Gasteiger partial charge in [-0.1, -0.05) is 48.5 Å². The average molecular weight is 480 g/mol. The number of alkyl carbamates (subject to hydrolysis) is 1. The third-order valence-corrected chi connectivity index (χ3v) is 6.53. The van der Waals surface area contributed by atoms with Crippen molar-refractivity contribution >= 4 is 23.9 Å². The van der Waals surface area contributed by atoms with Crippen molar-refractivity contribution in [2.45, 2.75) is 37.6 Å². The smallest absolute Gasteiger partial charge is 0.407 e. The van der Waals surface area contributed by atoms with Crippen molar-refractivity contribution in [2.24, 2.45) is 0 Å². The second kappa shape index (κ2) is 11.0. The SMILES string of the molecule is O=C(O)C[C@H]1CCCCN1C(=O)CNC(=O)CNC(=O)OCC1c2ccccc2-c2ccccc21. The number of nitrogens with zero attached hydrogens (tertiary/aromatic N) is 1. The molecule has 1 aliphatic heterocycles. The van der Waals surface area contributed by atoms with E-state index >= 15 is 0 Å². The normalized spacial score (nSPS) is 16.7. The number of hydrogen-bond acceptors (Lipinski definition) is 5. The number of ether oxygens (including phenoxy) is 1. The molecule has 3 amide bonds. The Morgan fingerprint density at radius 2 is 1.57 bits per heavy atom. The van der Waals surface area contributed by atoms with Gasteiger partial charge in [0, 0.05) is 18.5 Å². The van der Waals surface area contributed by atoms with Gasteiger partial charge in [0.2, 0.25) is 11.8 Å². The molecule has 35 heavy (non-hydrogen) atoms. The van der Waals surface area contributed by atoms with Crippen LogP contribution in [-0.4, -0.2) is 66.2 Å². The lowest BCUT2D eigenvalue weighted by atomic mass is 9.98. The predicted molar refractivity (Wildman–Crippen MR) is 128 cm³/mol. The van der Waals surface area contributed by atoms with E-state index in [1.807, 2.05) is 48.5 Å². The number of amides is 3. The van der Waals surface area contributed by atoms with Crippen LogP contribution in [0.1, 0.15) is 42.7 Å². The van der Waals surface area contributed by atoms with Crippen molar-refractivity contribution in [1.82, 2.24) is 15.5 Å². The van der Waals surface area contributed by atoms with Crippen LogP contribution in [0, 0.1) is 0 Å². The molecule has 9 nitrogen and oxygen atoms in total. The van der Waals surface area contributed by atoms with Crippen molar-refractivity contribution in [3.8, 4) is 11.1 Å². The molecular formula is C26H29N3O6. The van der Waals surface area contributed by atoms with Gasteiger partial charge in [0.25, 0.3) is 0 Å². The summed E-state index contributed by atoms with van der Waals surface area (Å²) in [5.41, 5.74) is 4.44. The van der Waals surface area contributed by atoms with Crippen LogP contribution in [0.5, 0.6) is 0 Å². The zero-order chi connectivity index (χ0) is 24.8. The number of fused-ring (bicyclic) bond motifs is 3. The first-order chi connectivity index (χ1) is 16.9. The lowest BCUT2D eigenvalue weighted by Crippen LogP contribution is -2.49. The molecule has 3 N–H and O–H groups in total. The van der Waals surface area contributed by atoms with Crippen LogP contribution in [0.25, 0.3) is 11.1 Å². The Bertz CT molecular complexity index is 1070. The molecule has 2 aliphatic rings. The second-order valence-corrected chi connectivity index (χ2v) is 8.79. The number of likely N-dealkylation sites (tertiary alicyclic amines) is 1. The topological polar surface area (TPSA) is 125 Å². The average Bonchev–Trinajstić information content (AvgIpc) is 3.18. The van der Waals surface area contributed by atoms with Gasteiger partial charge in [-0.05, 0) is 41.5 Å². The molecule has 0 unspecified atom stereocenters. The Morgan fingerprint density at radius 3 is 2.23 bits per heavy atom. The van der Waals surface area contributed by atoms with Crippen LogP contribution in [0.2, 0.25) is 0 Å². The zero-order valence-electron chi connectivity index (χ0n) is 19.4. The Morgan fingerprint density at radius 1 is 0.914 bits per heavy atom. The lowest BCUT2D eigenvalue weighted by Gasteiger charge is -2.35. The quantitative estimate of drug-likeness (QED) is 0.534. The molecular weight excluding hydrogens is 450 g/mol. The zero-order valence-corrected chi connectivity index (χ0v) is 19.4. The van der Waals surface area contributed by atoms with Gasteiger partial charge in [-0.2, -0.15) is 0 Å². The number of nitrogens with one attached hydrogen (secondary N) is 2. The third kappa shape index (κ3) is 5.79. The molecule has 4 rings (SSSR count). The van der Waals surface area contributed by atoms with Crippen LogP contribution >= 0.6 is 0 Å². The summed E-state index contributed by atoms with van der Waals surface area (Å²) in [6, 6.07) is 15.7. The molecule has 2 aromatic carbocycles. The first kappa shape index (κ1) is 24.3. The van der Waals surface area contributed by atoms with E-state index in [2.05, 4.69) is 10.6 Å². The molecule has 1 aliphatic carbocycles. The fourth-order valence-electron chi connectivity index (χ4n) is 4.88. The molecule has 0 bridgehead atoms. The van der Waals surface area contributed by atoms with Crippen molar-refractivity contribution < 1.29 is 29.0 Å². The molecule has 1 atom stereocenters. The number of carboxylic acid groups (broad SMARTS) is 1. The van der Waals surface area contributed by atoms with Crippen LogP contribution in [0.4, 0.5) is 4.79 Å². The number of carbonyl (C=O) groups is 4. The molecule has 0 radical (unpaired) electrons. The van der Waals surface area contributed by atoms with Crippen LogP contribution in [0.15, 0.2) is 48.5 Å². The van der Waals surface area contributed by atoms with Gasteiger partial charge >= 0.3 is 12.1 Å². The lowest BCUT2D eigenvalue weighted by molar-refractivity contribution is -0.142. The van der Waals surface area contributed by atoms with E-state index in [-0.39, 0.29) is 44.0 Å². The number of carboxylic acids is 1. The van der Waals surface area contributed by atoms with E-state index < -0.39 is 18.0 Å². The maximum atomic E-state index is 12.5. The van der Waals surface area contributed by atoms with E-state index in [1.54, 1.807) is 0 Å². The molecule has 0 spiro atoms. The number of rotatable bonds is 8. The Labute approximate surface area is 203 Å². The molecule has 0 saturated carbocycles. The highest BCUT2D eigenvalue weighted by Crippen LogP contribution is 2.44. The van der Waals surface area contributed by atoms with Crippen LogP contribution < -0.4 is 10.6 Å². The van der Waals surface area contributed by atoms with E-state index in [4.69, 9.17) is 9.84 Å². The van der Waals surface area contributed by atoms with Crippen molar-refractivity contribution in [3.63, 3.8) is 0 Å². The summed E-state index contributed by atoms with van der Waals surface area (Å²) in [5, 5.41) is 14.0. The van der Waals surface area contributed by atoms with Crippen LogP contribution in [-0.2, 0) is 19.1 Å². The van der Waals surface area contributed by atoms with Crippen LogP contribution in [0.3, 0.4) is 0 Å². The fraction of sp³-hybridized carbons (Fsp3) is 0.385. The molecule has 2 aromatic rings. The highest BCUT2D eigenvalue weighted by molar-refractivity contribution is 5.87. The maximum Gasteiger partial charge on any atom is 0.407 e. The van der Waals surface area contributed by atoms with Crippen molar-refractivity contribution in [1.29, 1.82) is 0 Å².